The third-order valence-corrected chi connectivity index (χ3v) is 11.4. The van der Waals surface area contributed by atoms with E-state index in [9.17, 15) is 14.4 Å². The first-order valence-electron chi connectivity index (χ1n) is 26.9. The van der Waals surface area contributed by atoms with Gasteiger partial charge in [0.05, 0.1) is 0 Å². The van der Waals surface area contributed by atoms with Gasteiger partial charge in [0.2, 0.25) is 0 Å². The highest BCUT2D eigenvalue weighted by molar-refractivity contribution is 5.71. The van der Waals surface area contributed by atoms with Crippen molar-refractivity contribution >= 4 is 17.9 Å². The number of unbranched alkanes of at least 4 members (excludes halogenated alkanes) is 25. The van der Waals surface area contributed by atoms with Gasteiger partial charge in [-0.05, 0) is 89.9 Å². The monoisotopic (exact) mass is 893 g/mol. The van der Waals surface area contributed by atoms with Gasteiger partial charge in [0.1, 0.15) is 13.2 Å². The zero-order valence-electron chi connectivity index (χ0n) is 42.0. The zero-order valence-corrected chi connectivity index (χ0v) is 42.0. The average molecular weight is 893 g/mol. The molecule has 0 heterocycles. The zero-order chi connectivity index (χ0) is 46.5. The maximum Gasteiger partial charge on any atom is 0.306 e. The Labute approximate surface area is 395 Å². The first-order chi connectivity index (χ1) is 31.5. The van der Waals surface area contributed by atoms with E-state index in [-0.39, 0.29) is 37.5 Å². The minimum atomic E-state index is -0.798. The third-order valence-electron chi connectivity index (χ3n) is 11.4. The van der Waals surface area contributed by atoms with E-state index < -0.39 is 6.10 Å². The fourth-order valence-corrected chi connectivity index (χ4v) is 7.35. The number of ether oxygens (including phenoxy) is 3. The average Bonchev–Trinajstić information content (AvgIpc) is 3.29. The standard InChI is InChI=1S/C58H100O6/c1-4-7-10-13-16-19-22-25-27-29-31-33-36-38-41-44-47-50-56(59)62-53-55(64-58(61)52-49-46-43-40-35-24-21-18-15-12-9-6-3)54-63-57(60)51-48-45-42-39-37-34-32-30-28-26-23-20-17-14-11-8-5-2/h16-17,19-20,25-28,31,33,38,41,55H,4-15,18,21-24,29-30,32,34-37,39-40,42-54H2,1-3H3/b19-16-,20-17-,27-25-,28-26-,33-31-,41-38-/t55-/m1/s1. The number of esters is 3. The Morgan fingerprint density at radius 2 is 0.578 bits per heavy atom. The smallest absolute Gasteiger partial charge is 0.306 e. The van der Waals surface area contributed by atoms with E-state index in [2.05, 4.69) is 93.7 Å². The molecule has 1 atom stereocenters. The molecule has 0 unspecified atom stereocenters. The molecule has 0 amide bonds. The lowest BCUT2D eigenvalue weighted by molar-refractivity contribution is -0.167. The molecule has 0 saturated heterocycles. The van der Waals surface area contributed by atoms with Crippen LogP contribution in [0.3, 0.4) is 0 Å². The van der Waals surface area contributed by atoms with Gasteiger partial charge in [0.25, 0.3) is 0 Å². The van der Waals surface area contributed by atoms with E-state index in [0.29, 0.717) is 19.3 Å². The van der Waals surface area contributed by atoms with E-state index in [0.717, 1.165) is 77.0 Å². The van der Waals surface area contributed by atoms with E-state index in [4.69, 9.17) is 14.2 Å². The van der Waals surface area contributed by atoms with E-state index >= 15 is 0 Å². The fourth-order valence-electron chi connectivity index (χ4n) is 7.35. The minimum absolute atomic E-state index is 0.0950. The van der Waals surface area contributed by atoms with Gasteiger partial charge in [0, 0.05) is 19.3 Å². The van der Waals surface area contributed by atoms with E-state index in [1.807, 2.05) is 0 Å². The molecule has 0 aromatic heterocycles. The summed E-state index contributed by atoms with van der Waals surface area (Å²) in [5.74, 6) is -0.956. The number of hydrogen-bond donors (Lipinski definition) is 0. The number of rotatable bonds is 48. The van der Waals surface area contributed by atoms with Gasteiger partial charge in [0.15, 0.2) is 6.10 Å². The Bertz CT molecular complexity index is 1210. The second-order valence-electron chi connectivity index (χ2n) is 17.8. The maximum atomic E-state index is 12.8. The molecule has 0 aliphatic rings. The summed E-state index contributed by atoms with van der Waals surface area (Å²) in [7, 11) is 0. The van der Waals surface area contributed by atoms with Crippen molar-refractivity contribution in [2.24, 2.45) is 0 Å². The number of allylic oxidation sites excluding steroid dienone is 12. The molecule has 0 aliphatic heterocycles. The topological polar surface area (TPSA) is 78.9 Å². The third kappa shape index (κ3) is 49.9. The van der Waals surface area contributed by atoms with Crippen LogP contribution in [0.15, 0.2) is 72.9 Å². The van der Waals surface area contributed by atoms with Gasteiger partial charge in [-0.3, -0.25) is 14.4 Å². The van der Waals surface area contributed by atoms with Crippen LogP contribution in [0, 0.1) is 0 Å². The fraction of sp³-hybridized carbons (Fsp3) is 0.741. The van der Waals surface area contributed by atoms with Crippen molar-refractivity contribution in [1.82, 2.24) is 0 Å². The van der Waals surface area contributed by atoms with Crippen molar-refractivity contribution in [2.45, 2.75) is 264 Å². The lowest BCUT2D eigenvalue weighted by Crippen LogP contribution is -2.30. The maximum absolute atomic E-state index is 12.8. The Kier molecular flexibility index (Phi) is 49.9. The van der Waals surface area contributed by atoms with Gasteiger partial charge in [-0.25, -0.2) is 0 Å². The first kappa shape index (κ1) is 60.9. The second-order valence-corrected chi connectivity index (χ2v) is 17.8. The summed E-state index contributed by atoms with van der Waals surface area (Å²) in [4.78, 5) is 38.0. The van der Waals surface area contributed by atoms with Crippen molar-refractivity contribution in [2.75, 3.05) is 13.2 Å². The predicted molar refractivity (Wildman–Crippen MR) is 274 cm³/mol. The van der Waals surface area contributed by atoms with Crippen molar-refractivity contribution in [3.05, 3.63) is 72.9 Å². The molecule has 6 heteroatoms. The summed E-state index contributed by atoms with van der Waals surface area (Å²) < 4.78 is 16.8. The SMILES string of the molecule is CCCCC/C=C\C/C=C\C/C=C\C/C=C\CCCC(=O)OC[C@H](COC(=O)CCCCCCCCC/C=C\C/C=C\CCCCC)OC(=O)CCCCCCCCCCCCCC. The second kappa shape index (κ2) is 52.5. The molecule has 0 aliphatic carbocycles. The van der Waals surface area contributed by atoms with Crippen molar-refractivity contribution in [3.63, 3.8) is 0 Å². The Balaban J connectivity index is 4.45. The Hall–Kier alpha value is -3.15. The highest BCUT2D eigenvalue weighted by Crippen LogP contribution is 2.15. The molecule has 0 rings (SSSR count). The van der Waals surface area contributed by atoms with Crippen LogP contribution in [-0.4, -0.2) is 37.2 Å². The Morgan fingerprint density at radius 3 is 0.969 bits per heavy atom. The Morgan fingerprint density at radius 1 is 0.312 bits per heavy atom. The molecule has 0 bridgehead atoms. The molecule has 0 fully saturated rings. The molecule has 0 radical (unpaired) electrons. The van der Waals surface area contributed by atoms with Crippen molar-refractivity contribution in [3.8, 4) is 0 Å². The normalized spacial score (nSPS) is 12.6. The van der Waals surface area contributed by atoms with E-state index in [1.54, 1.807) is 0 Å². The summed E-state index contributed by atoms with van der Waals surface area (Å²) in [6, 6.07) is 0. The summed E-state index contributed by atoms with van der Waals surface area (Å²) in [5, 5.41) is 0. The molecular formula is C58H100O6. The molecule has 368 valence electrons. The molecule has 0 aromatic carbocycles. The summed E-state index contributed by atoms with van der Waals surface area (Å²) in [6.07, 6.45) is 66.0. The predicted octanol–water partition coefficient (Wildman–Crippen LogP) is 17.8. The molecular weight excluding hydrogens is 793 g/mol. The first-order valence-corrected chi connectivity index (χ1v) is 26.9. The number of carbonyl (C=O) groups is 3. The van der Waals surface area contributed by atoms with Crippen molar-refractivity contribution < 1.29 is 28.6 Å². The van der Waals surface area contributed by atoms with Crippen LogP contribution in [0.2, 0.25) is 0 Å². The van der Waals surface area contributed by atoms with Crippen molar-refractivity contribution in [1.29, 1.82) is 0 Å². The van der Waals surface area contributed by atoms with Gasteiger partial charge >= 0.3 is 17.9 Å². The molecule has 64 heavy (non-hydrogen) atoms. The lowest BCUT2D eigenvalue weighted by Gasteiger charge is -2.18. The van der Waals surface area contributed by atoms with Crippen LogP contribution < -0.4 is 0 Å². The molecule has 0 spiro atoms. The van der Waals surface area contributed by atoms with Crippen LogP contribution in [0.5, 0.6) is 0 Å². The molecule has 6 nitrogen and oxygen atoms in total. The van der Waals surface area contributed by atoms with Gasteiger partial charge in [-0.15, -0.1) is 0 Å². The highest BCUT2D eigenvalue weighted by atomic mass is 16.6. The van der Waals surface area contributed by atoms with Crippen LogP contribution in [0.25, 0.3) is 0 Å². The minimum Gasteiger partial charge on any atom is -0.462 e. The largest absolute Gasteiger partial charge is 0.462 e. The molecule has 0 saturated carbocycles. The number of hydrogen-bond acceptors (Lipinski definition) is 6. The van der Waals surface area contributed by atoms with Gasteiger partial charge in [-0.2, -0.15) is 0 Å². The number of carbonyl (C=O) groups excluding carboxylic acids is 3. The quantitative estimate of drug-likeness (QED) is 0.0262. The van der Waals surface area contributed by atoms with Crippen LogP contribution in [0.4, 0.5) is 0 Å². The summed E-state index contributed by atoms with van der Waals surface area (Å²) in [6.45, 7) is 6.53. The van der Waals surface area contributed by atoms with Crippen LogP contribution >= 0.6 is 0 Å². The summed E-state index contributed by atoms with van der Waals surface area (Å²) in [5.41, 5.74) is 0. The molecule has 0 N–H and O–H groups in total. The van der Waals surface area contributed by atoms with Crippen LogP contribution in [-0.2, 0) is 28.6 Å². The van der Waals surface area contributed by atoms with Gasteiger partial charge in [-0.1, -0.05) is 222 Å². The highest BCUT2D eigenvalue weighted by Gasteiger charge is 2.19. The van der Waals surface area contributed by atoms with Gasteiger partial charge < -0.3 is 14.2 Å². The molecule has 0 aromatic rings. The van der Waals surface area contributed by atoms with E-state index in [1.165, 1.54) is 135 Å². The van der Waals surface area contributed by atoms with Crippen LogP contribution in [0.1, 0.15) is 258 Å². The lowest BCUT2D eigenvalue weighted by atomic mass is 10.0. The summed E-state index contributed by atoms with van der Waals surface area (Å²) >= 11 is 0.